The molecule has 3 nitrogen and oxygen atoms in total. The summed E-state index contributed by atoms with van der Waals surface area (Å²) in [7, 11) is -2.42. The largest absolute Gasteiger partial charge is 0.244 e. The van der Waals surface area contributed by atoms with E-state index in [9.17, 15) is 12.8 Å². The molecule has 0 aliphatic carbocycles. The van der Waals surface area contributed by atoms with E-state index in [4.69, 9.17) is 23.2 Å². The lowest BCUT2D eigenvalue weighted by Crippen LogP contribution is -2.29. The van der Waals surface area contributed by atoms with Gasteiger partial charge in [-0.2, -0.15) is 4.31 Å². The standard InChI is InChI=1S/C9H10Cl2FNO2S/c1-13(5-4-10)16(14,15)9-6-7(12)2-3-8(9)11/h2-3,6H,4-5H2,1H3. The molecule has 0 unspecified atom stereocenters. The predicted molar refractivity (Wildman–Crippen MR) is 61.9 cm³/mol. The maximum atomic E-state index is 13.0. The summed E-state index contributed by atoms with van der Waals surface area (Å²) >= 11 is 11.2. The molecule has 0 bridgehead atoms. The van der Waals surface area contributed by atoms with E-state index in [1.165, 1.54) is 13.1 Å². The van der Waals surface area contributed by atoms with Crippen LogP contribution in [0, 0.1) is 5.82 Å². The molecular weight excluding hydrogens is 276 g/mol. The topological polar surface area (TPSA) is 37.4 Å². The lowest BCUT2D eigenvalue weighted by molar-refractivity contribution is 0.487. The summed E-state index contributed by atoms with van der Waals surface area (Å²) in [6, 6.07) is 3.20. The summed E-state index contributed by atoms with van der Waals surface area (Å²) in [5.74, 6) is -0.495. The summed E-state index contributed by atoms with van der Waals surface area (Å²) in [6.07, 6.45) is 0. The Labute approximate surface area is 104 Å². The van der Waals surface area contributed by atoms with E-state index in [0.717, 1.165) is 16.4 Å². The van der Waals surface area contributed by atoms with Gasteiger partial charge in [0.25, 0.3) is 0 Å². The molecule has 1 rings (SSSR count). The van der Waals surface area contributed by atoms with Crippen LogP contribution in [0.2, 0.25) is 5.02 Å². The number of benzene rings is 1. The Balaban J connectivity index is 3.21. The molecule has 0 aliphatic rings. The van der Waals surface area contributed by atoms with Crippen molar-refractivity contribution in [3.8, 4) is 0 Å². The molecule has 0 heterocycles. The van der Waals surface area contributed by atoms with Crippen LogP contribution in [0.1, 0.15) is 0 Å². The lowest BCUT2D eigenvalue weighted by atomic mass is 10.3. The van der Waals surface area contributed by atoms with Gasteiger partial charge in [0.2, 0.25) is 10.0 Å². The SMILES string of the molecule is CN(CCCl)S(=O)(=O)c1cc(F)ccc1Cl. The molecule has 0 radical (unpaired) electrons. The van der Waals surface area contributed by atoms with Crippen LogP contribution in [0.15, 0.2) is 23.1 Å². The maximum Gasteiger partial charge on any atom is 0.244 e. The Morgan fingerprint density at radius 2 is 2.06 bits per heavy atom. The third-order valence-electron chi connectivity index (χ3n) is 1.98. The number of nitrogens with zero attached hydrogens (tertiary/aromatic N) is 1. The smallest absolute Gasteiger partial charge is 0.207 e. The van der Waals surface area contributed by atoms with Crippen LogP contribution in [0.5, 0.6) is 0 Å². The predicted octanol–water partition coefficient (Wildman–Crippen LogP) is 2.34. The van der Waals surface area contributed by atoms with E-state index in [1.807, 2.05) is 0 Å². The van der Waals surface area contributed by atoms with E-state index in [2.05, 4.69) is 0 Å². The fourth-order valence-electron chi connectivity index (χ4n) is 1.08. The summed E-state index contributed by atoms with van der Waals surface area (Å²) in [4.78, 5) is -0.248. The minimum atomic E-state index is -3.78. The number of hydrogen-bond acceptors (Lipinski definition) is 2. The molecule has 7 heteroatoms. The Morgan fingerprint density at radius 1 is 1.44 bits per heavy atom. The minimum absolute atomic E-state index is 0.0113. The average Bonchev–Trinajstić information content (AvgIpc) is 2.22. The quantitative estimate of drug-likeness (QED) is 0.797. The Bertz CT molecular complexity index is 478. The molecule has 90 valence electrons. The summed E-state index contributed by atoms with van der Waals surface area (Å²) in [5, 5.41) is -0.0113. The molecule has 1 aromatic rings. The molecule has 16 heavy (non-hydrogen) atoms. The molecule has 0 saturated carbocycles. The van der Waals surface area contributed by atoms with Crippen molar-refractivity contribution in [3.63, 3.8) is 0 Å². The van der Waals surface area contributed by atoms with Crippen molar-refractivity contribution in [2.45, 2.75) is 4.90 Å². The Kier molecular flexibility index (Phi) is 4.55. The van der Waals surface area contributed by atoms with Crippen LogP contribution >= 0.6 is 23.2 Å². The fourth-order valence-corrected chi connectivity index (χ4v) is 3.09. The summed E-state index contributed by atoms with van der Waals surface area (Å²) in [6.45, 7) is 0.136. The van der Waals surface area contributed by atoms with Crippen LogP contribution in [0.3, 0.4) is 0 Å². The third-order valence-corrected chi connectivity index (χ3v) is 4.49. The first-order chi connectivity index (χ1) is 7.39. The fraction of sp³-hybridized carbons (Fsp3) is 0.333. The van der Waals surface area contributed by atoms with Crippen molar-refractivity contribution >= 4 is 33.2 Å². The van der Waals surface area contributed by atoms with Crippen LogP contribution < -0.4 is 0 Å². The van der Waals surface area contributed by atoms with Crippen molar-refractivity contribution in [2.75, 3.05) is 19.5 Å². The van der Waals surface area contributed by atoms with E-state index in [0.29, 0.717) is 0 Å². The van der Waals surface area contributed by atoms with Crippen molar-refractivity contribution in [2.24, 2.45) is 0 Å². The first kappa shape index (κ1) is 13.7. The maximum absolute atomic E-state index is 13.0. The zero-order valence-corrected chi connectivity index (χ0v) is 10.8. The van der Waals surface area contributed by atoms with E-state index in [1.54, 1.807) is 0 Å². The van der Waals surface area contributed by atoms with Crippen molar-refractivity contribution in [1.29, 1.82) is 0 Å². The third kappa shape index (κ3) is 2.85. The Hall–Kier alpha value is -0.360. The van der Waals surface area contributed by atoms with Crippen LogP contribution in [-0.4, -0.2) is 32.2 Å². The number of hydrogen-bond donors (Lipinski definition) is 0. The van der Waals surface area contributed by atoms with Crippen molar-refractivity contribution in [1.82, 2.24) is 4.31 Å². The van der Waals surface area contributed by atoms with Gasteiger partial charge in [0, 0.05) is 19.5 Å². The number of halogens is 3. The highest BCUT2D eigenvalue weighted by molar-refractivity contribution is 7.89. The molecule has 1 aromatic carbocycles. The summed E-state index contributed by atoms with van der Waals surface area (Å²) < 4.78 is 37.8. The zero-order valence-electron chi connectivity index (χ0n) is 8.45. The highest BCUT2D eigenvalue weighted by Crippen LogP contribution is 2.24. The Morgan fingerprint density at radius 3 is 2.62 bits per heavy atom. The van der Waals surface area contributed by atoms with Gasteiger partial charge >= 0.3 is 0 Å². The van der Waals surface area contributed by atoms with Gasteiger partial charge < -0.3 is 0 Å². The minimum Gasteiger partial charge on any atom is -0.207 e. The highest BCUT2D eigenvalue weighted by Gasteiger charge is 2.23. The van der Waals surface area contributed by atoms with Gasteiger partial charge in [0.15, 0.2) is 0 Å². The van der Waals surface area contributed by atoms with E-state index < -0.39 is 15.8 Å². The second-order valence-electron chi connectivity index (χ2n) is 3.09. The molecule has 0 amide bonds. The molecule has 0 saturated heterocycles. The van der Waals surface area contributed by atoms with Gasteiger partial charge in [0.05, 0.1) is 5.02 Å². The van der Waals surface area contributed by atoms with Crippen molar-refractivity contribution < 1.29 is 12.8 Å². The van der Waals surface area contributed by atoms with Gasteiger partial charge in [-0.05, 0) is 18.2 Å². The van der Waals surface area contributed by atoms with E-state index >= 15 is 0 Å². The molecule has 0 spiro atoms. The van der Waals surface area contributed by atoms with Crippen LogP contribution in [0.4, 0.5) is 4.39 Å². The number of sulfonamides is 1. The second-order valence-corrected chi connectivity index (χ2v) is 5.89. The number of alkyl halides is 1. The van der Waals surface area contributed by atoms with Gasteiger partial charge in [0.1, 0.15) is 10.7 Å². The first-order valence-corrected chi connectivity index (χ1v) is 6.72. The highest BCUT2D eigenvalue weighted by atomic mass is 35.5. The molecule has 0 fully saturated rings. The molecule has 0 aliphatic heterocycles. The first-order valence-electron chi connectivity index (χ1n) is 4.37. The van der Waals surface area contributed by atoms with Crippen LogP contribution in [-0.2, 0) is 10.0 Å². The van der Waals surface area contributed by atoms with E-state index in [-0.39, 0.29) is 22.3 Å². The van der Waals surface area contributed by atoms with Gasteiger partial charge in [-0.25, -0.2) is 12.8 Å². The number of rotatable bonds is 4. The van der Waals surface area contributed by atoms with Crippen molar-refractivity contribution in [3.05, 3.63) is 29.0 Å². The average molecular weight is 286 g/mol. The molecule has 0 aromatic heterocycles. The molecular formula is C9H10Cl2FNO2S. The second kappa shape index (κ2) is 5.31. The van der Waals surface area contributed by atoms with Gasteiger partial charge in [-0.3, -0.25) is 0 Å². The summed E-state index contributed by atoms with van der Waals surface area (Å²) in [5.41, 5.74) is 0. The molecule has 0 N–H and O–H groups in total. The lowest BCUT2D eigenvalue weighted by Gasteiger charge is -2.16. The normalized spacial score (nSPS) is 12.1. The molecule has 0 atom stereocenters. The monoisotopic (exact) mass is 285 g/mol. The zero-order chi connectivity index (χ0) is 12.3. The van der Waals surface area contributed by atoms with Gasteiger partial charge in [-0.1, -0.05) is 11.6 Å². The van der Waals surface area contributed by atoms with Crippen LogP contribution in [0.25, 0.3) is 0 Å². The van der Waals surface area contributed by atoms with Gasteiger partial charge in [-0.15, -0.1) is 11.6 Å².